The molecule has 0 aromatic heterocycles. The topological polar surface area (TPSA) is 70.2 Å². The molecule has 2 aliphatic heterocycles. The highest BCUT2D eigenvalue weighted by Gasteiger charge is 2.40. The van der Waals surface area contributed by atoms with Gasteiger partial charge in [0.25, 0.3) is 11.8 Å². The first-order valence-electron chi connectivity index (χ1n) is 10.9. The summed E-state index contributed by atoms with van der Waals surface area (Å²) < 4.78 is 34.4. The summed E-state index contributed by atoms with van der Waals surface area (Å²) in [5.41, 5.74) is -1.05. The Kier molecular flexibility index (Phi) is 7.12. The minimum Gasteiger partial charge on any atom is -0.447 e. The number of likely N-dealkylation sites (tertiary alicyclic amines) is 1. The molecule has 31 heavy (non-hydrogen) atoms. The standard InChI is InChI=1S/C22H29F2N3O4/c1-4-14-13-31-22(30)27(14)15-9-11-26(12-10-15)21(29)19-17(24)8-7-16(23)18(19)20(28)25(5-2)6-3/h7-8,14-15H,4-6,9-13H2,1-3H3. The number of carbonyl (C=O) groups is 3. The molecular weight excluding hydrogens is 408 g/mol. The SMILES string of the molecule is CCC1COC(=O)N1C1CCN(C(=O)c2c(F)ccc(F)c2C(=O)N(CC)CC)CC1. The van der Waals surface area contributed by atoms with E-state index in [0.29, 0.717) is 32.5 Å². The highest BCUT2D eigenvalue weighted by atomic mass is 19.1. The normalized spacial score (nSPS) is 19.5. The van der Waals surface area contributed by atoms with Gasteiger partial charge < -0.3 is 14.5 Å². The maximum atomic E-state index is 14.7. The number of hydrogen-bond donors (Lipinski definition) is 0. The van der Waals surface area contributed by atoms with E-state index in [0.717, 1.165) is 18.6 Å². The molecule has 1 aromatic rings. The summed E-state index contributed by atoms with van der Waals surface area (Å²) in [6.07, 6.45) is 1.44. The van der Waals surface area contributed by atoms with Crippen molar-refractivity contribution in [2.75, 3.05) is 32.8 Å². The van der Waals surface area contributed by atoms with Gasteiger partial charge in [0.2, 0.25) is 0 Å². The smallest absolute Gasteiger partial charge is 0.410 e. The molecule has 3 amide bonds. The molecule has 7 nitrogen and oxygen atoms in total. The van der Waals surface area contributed by atoms with Crippen molar-refractivity contribution in [3.8, 4) is 0 Å². The van der Waals surface area contributed by atoms with E-state index in [-0.39, 0.29) is 31.3 Å². The summed E-state index contributed by atoms with van der Waals surface area (Å²) >= 11 is 0. The average molecular weight is 437 g/mol. The van der Waals surface area contributed by atoms with Gasteiger partial charge in [0, 0.05) is 32.2 Å². The minimum atomic E-state index is -0.918. The predicted octanol–water partition coefficient (Wildman–Crippen LogP) is 3.28. The van der Waals surface area contributed by atoms with Crippen LogP contribution in [0.4, 0.5) is 13.6 Å². The molecule has 9 heteroatoms. The molecule has 3 rings (SSSR count). The van der Waals surface area contributed by atoms with Gasteiger partial charge in [-0.15, -0.1) is 0 Å². The molecule has 0 saturated carbocycles. The second kappa shape index (κ2) is 9.62. The van der Waals surface area contributed by atoms with Gasteiger partial charge in [0.15, 0.2) is 0 Å². The van der Waals surface area contributed by atoms with Crippen LogP contribution in [0.1, 0.15) is 60.7 Å². The number of halogens is 2. The van der Waals surface area contributed by atoms with Crippen molar-refractivity contribution in [2.24, 2.45) is 0 Å². The van der Waals surface area contributed by atoms with Crippen LogP contribution in [-0.2, 0) is 4.74 Å². The molecule has 170 valence electrons. The van der Waals surface area contributed by atoms with Crippen LogP contribution in [0, 0.1) is 11.6 Å². The molecule has 1 aromatic carbocycles. The molecule has 0 radical (unpaired) electrons. The number of nitrogens with zero attached hydrogens (tertiary/aromatic N) is 3. The van der Waals surface area contributed by atoms with Crippen molar-refractivity contribution in [3.63, 3.8) is 0 Å². The molecule has 2 aliphatic rings. The lowest BCUT2D eigenvalue weighted by Gasteiger charge is -2.38. The molecule has 1 atom stereocenters. The van der Waals surface area contributed by atoms with Crippen LogP contribution in [-0.4, -0.2) is 77.5 Å². The van der Waals surface area contributed by atoms with Crippen molar-refractivity contribution in [2.45, 2.75) is 52.1 Å². The Morgan fingerprint density at radius 3 is 2.19 bits per heavy atom. The number of cyclic esters (lactones) is 1. The van der Waals surface area contributed by atoms with Gasteiger partial charge in [0.1, 0.15) is 18.2 Å². The maximum Gasteiger partial charge on any atom is 0.410 e. The van der Waals surface area contributed by atoms with Gasteiger partial charge in [-0.3, -0.25) is 14.5 Å². The zero-order valence-electron chi connectivity index (χ0n) is 18.2. The van der Waals surface area contributed by atoms with E-state index in [1.165, 1.54) is 9.80 Å². The first kappa shape index (κ1) is 23.0. The van der Waals surface area contributed by atoms with Gasteiger partial charge in [-0.1, -0.05) is 6.92 Å². The Hall–Kier alpha value is -2.71. The van der Waals surface area contributed by atoms with Crippen LogP contribution >= 0.6 is 0 Å². The molecular formula is C22H29F2N3O4. The van der Waals surface area contributed by atoms with Crippen LogP contribution in [0.2, 0.25) is 0 Å². The van der Waals surface area contributed by atoms with E-state index in [1.54, 1.807) is 18.7 Å². The zero-order valence-corrected chi connectivity index (χ0v) is 18.2. The van der Waals surface area contributed by atoms with Crippen LogP contribution in [0.3, 0.4) is 0 Å². The van der Waals surface area contributed by atoms with E-state index in [2.05, 4.69) is 0 Å². The monoisotopic (exact) mass is 437 g/mol. The molecule has 2 fully saturated rings. The van der Waals surface area contributed by atoms with E-state index >= 15 is 0 Å². The number of carbonyl (C=O) groups excluding carboxylic acids is 3. The summed E-state index contributed by atoms with van der Waals surface area (Å²) in [5.74, 6) is -3.24. The minimum absolute atomic E-state index is 0.0127. The Morgan fingerprint density at radius 1 is 1.06 bits per heavy atom. The quantitative estimate of drug-likeness (QED) is 0.685. The maximum absolute atomic E-state index is 14.7. The second-order valence-corrected chi connectivity index (χ2v) is 7.83. The highest BCUT2D eigenvalue weighted by molar-refractivity contribution is 6.07. The summed E-state index contributed by atoms with van der Waals surface area (Å²) in [6.45, 7) is 7.00. The lowest BCUT2D eigenvalue weighted by molar-refractivity contribution is 0.0618. The second-order valence-electron chi connectivity index (χ2n) is 7.83. The summed E-state index contributed by atoms with van der Waals surface area (Å²) in [6, 6.07) is 1.69. The molecule has 0 bridgehead atoms. The van der Waals surface area contributed by atoms with Crippen molar-refractivity contribution in [3.05, 3.63) is 34.9 Å². The van der Waals surface area contributed by atoms with E-state index < -0.39 is 34.6 Å². The van der Waals surface area contributed by atoms with Gasteiger partial charge in [-0.2, -0.15) is 0 Å². The first-order chi connectivity index (χ1) is 14.8. The van der Waals surface area contributed by atoms with Crippen LogP contribution in [0.15, 0.2) is 12.1 Å². The van der Waals surface area contributed by atoms with E-state index in [4.69, 9.17) is 4.74 Å². The molecule has 0 aliphatic carbocycles. The Balaban J connectivity index is 1.81. The summed E-state index contributed by atoms with van der Waals surface area (Å²) in [4.78, 5) is 42.6. The molecule has 0 spiro atoms. The lowest BCUT2D eigenvalue weighted by Crippen LogP contribution is -2.50. The molecule has 0 N–H and O–H groups in total. The van der Waals surface area contributed by atoms with Gasteiger partial charge in [-0.05, 0) is 45.2 Å². The van der Waals surface area contributed by atoms with E-state index in [9.17, 15) is 23.2 Å². The predicted molar refractivity (Wildman–Crippen MR) is 110 cm³/mol. The summed E-state index contributed by atoms with van der Waals surface area (Å²) in [5, 5.41) is 0. The van der Waals surface area contributed by atoms with Gasteiger partial charge >= 0.3 is 6.09 Å². The number of hydrogen-bond acceptors (Lipinski definition) is 4. The third kappa shape index (κ3) is 4.36. The van der Waals surface area contributed by atoms with Crippen LogP contribution in [0.5, 0.6) is 0 Å². The fourth-order valence-electron chi connectivity index (χ4n) is 4.38. The Bertz CT molecular complexity index is 851. The first-order valence-corrected chi connectivity index (χ1v) is 10.9. The van der Waals surface area contributed by atoms with Crippen molar-refractivity contribution < 1.29 is 27.9 Å². The number of piperidine rings is 1. The fourth-order valence-corrected chi connectivity index (χ4v) is 4.38. The van der Waals surface area contributed by atoms with Crippen molar-refractivity contribution in [1.29, 1.82) is 0 Å². The summed E-state index contributed by atoms with van der Waals surface area (Å²) in [7, 11) is 0. The number of ether oxygens (including phenoxy) is 1. The fraction of sp³-hybridized carbons (Fsp3) is 0.591. The third-order valence-corrected chi connectivity index (χ3v) is 6.20. The third-order valence-electron chi connectivity index (χ3n) is 6.20. The van der Waals surface area contributed by atoms with Crippen molar-refractivity contribution >= 4 is 17.9 Å². The van der Waals surface area contributed by atoms with Crippen molar-refractivity contribution in [1.82, 2.24) is 14.7 Å². The number of amides is 3. The molecule has 2 heterocycles. The van der Waals surface area contributed by atoms with Crippen LogP contribution < -0.4 is 0 Å². The lowest BCUT2D eigenvalue weighted by atomic mass is 9.98. The number of rotatable bonds is 6. The molecule has 1 unspecified atom stereocenters. The Labute approximate surface area is 180 Å². The van der Waals surface area contributed by atoms with E-state index in [1.807, 2.05) is 6.92 Å². The van der Waals surface area contributed by atoms with Gasteiger partial charge in [-0.25, -0.2) is 13.6 Å². The zero-order chi connectivity index (χ0) is 22.7. The average Bonchev–Trinajstić information content (AvgIpc) is 3.16. The van der Waals surface area contributed by atoms with Crippen LogP contribution in [0.25, 0.3) is 0 Å². The van der Waals surface area contributed by atoms with Gasteiger partial charge in [0.05, 0.1) is 17.2 Å². The number of benzene rings is 1. The molecule has 2 saturated heterocycles. The Morgan fingerprint density at radius 2 is 1.65 bits per heavy atom. The largest absolute Gasteiger partial charge is 0.447 e. The highest BCUT2D eigenvalue weighted by Crippen LogP contribution is 2.28.